The summed E-state index contributed by atoms with van der Waals surface area (Å²) in [7, 11) is 0. The summed E-state index contributed by atoms with van der Waals surface area (Å²) in [6, 6.07) is 5.17. The molecule has 0 bridgehead atoms. The summed E-state index contributed by atoms with van der Waals surface area (Å²) in [6.45, 7) is 5.98. The summed E-state index contributed by atoms with van der Waals surface area (Å²) in [5, 5.41) is 3.67. The van der Waals surface area contributed by atoms with Crippen LogP contribution in [0.2, 0.25) is 5.02 Å². The van der Waals surface area contributed by atoms with E-state index in [4.69, 9.17) is 16.3 Å². The fourth-order valence-electron chi connectivity index (χ4n) is 1.45. The van der Waals surface area contributed by atoms with Gasteiger partial charge < -0.3 is 10.1 Å². The van der Waals surface area contributed by atoms with Crippen molar-refractivity contribution in [2.24, 2.45) is 0 Å². The van der Waals surface area contributed by atoms with Crippen molar-refractivity contribution in [3.05, 3.63) is 28.8 Å². The molecule has 3 nitrogen and oxygen atoms in total. The van der Waals surface area contributed by atoms with Crippen molar-refractivity contribution < 1.29 is 22.6 Å². The lowest BCUT2D eigenvalue weighted by atomic mass is 10.1. The molecule has 7 heteroatoms. The molecule has 0 heterocycles. The zero-order valence-corrected chi connectivity index (χ0v) is 12.9. The van der Waals surface area contributed by atoms with Gasteiger partial charge in [0.05, 0.1) is 11.6 Å². The Bertz CT molecular complexity index is 459. The second-order valence-electron chi connectivity index (χ2n) is 5.51. The lowest BCUT2D eigenvalue weighted by Gasteiger charge is -2.20. The Morgan fingerprint density at radius 3 is 2.33 bits per heavy atom. The monoisotopic (exact) mass is 325 g/mol. The predicted octanol–water partition coefficient (Wildman–Crippen LogP) is 4.14. The Labute approximate surface area is 127 Å². The summed E-state index contributed by atoms with van der Waals surface area (Å²) >= 11 is 6.03. The molecule has 0 aliphatic rings. The number of alkyl halides is 3. The molecule has 1 N–H and O–H groups in total. The second kappa shape index (κ2) is 7.33. The third-order valence-corrected chi connectivity index (χ3v) is 2.72. The molecule has 1 aromatic carbocycles. The molecule has 1 rings (SSSR count). The van der Waals surface area contributed by atoms with Crippen molar-refractivity contribution in [1.29, 1.82) is 0 Å². The molecule has 0 fully saturated rings. The topological polar surface area (TPSA) is 30.5 Å². The zero-order valence-electron chi connectivity index (χ0n) is 12.2. The van der Waals surface area contributed by atoms with Gasteiger partial charge in [0.15, 0.2) is 0 Å². The SMILES string of the molecule is CC(C)(C)NCc1ccc(OCCOC(F)(F)F)c(Cl)c1. The highest BCUT2D eigenvalue weighted by atomic mass is 35.5. The number of nitrogens with one attached hydrogen (secondary N) is 1. The Kier molecular flexibility index (Phi) is 6.31. The normalized spacial score (nSPS) is 12.5. The van der Waals surface area contributed by atoms with Crippen LogP contribution >= 0.6 is 11.6 Å². The van der Waals surface area contributed by atoms with Crippen LogP contribution in [-0.4, -0.2) is 25.1 Å². The average molecular weight is 326 g/mol. The van der Waals surface area contributed by atoms with Crippen molar-refractivity contribution in [1.82, 2.24) is 5.32 Å². The third-order valence-electron chi connectivity index (χ3n) is 2.43. The molecular weight excluding hydrogens is 307 g/mol. The maximum Gasteiger partial charge on any atom is 0.522 e. The number of rotatable bonds is 6. The fraction of sp³-hybridized carbons (Fsp3) is 0.571. The predicted molar refractivity (Wildman–Crippen MR) is 75.5 cm³/mol. The van der Waals surface area contributed by atoms with Gasteiger partial charge in [0.1, 0.15) is 12.4 Å². The summed E-state index contributed by atoms with van der Waals surface area (Å²) in [5.41, 5.74) is 0.949. The Hall–Kier alpha value is -0.980. The number of halogens is 4. The molecule has 0 saturated carbocycles. The Balaban J connectivity index is 2.47. The standard InChI is InChI=1S/C14H19ClF3NO2/c1-13(2,3)19-9-10-4-5-12(11(15)8-10)20-6-7-21-14(16,17)18/h4-5,8,19H,6-7,9H2,1-3H3. The Morgan fingerprint density at radius 2 is 1.81 bits per heavy atom. The van der Waals surface area contributed by atoms with E-state index in [1.54, 1.807) is 12.1 Å². The van der Waals surface area contributed by atoms with Crippen LogP contribution in [0.15, 0.2) is 18.2 Å². The van der Waals surface area contributed by atoms with Gasteiger partial charge in [-0.3, -0.25) is 4.74 Å². The minimum absolute atomic E-state index is 0.0173. The lowest BCUT2D eigenvalue weighted by molar-refractivity contribution is -0.325. The number of hydrogen-bond donors (Lipinski definition) is 1. The van der Waals surface area contributed by atoms with Crippen LogP contribution < -0.4 is 10.1 Å². The molecule has 0 saturated heterocycles. The van der Waals surface area contributed by atoms with Crippen LogP contribution in [0.4, 0.5) is 13.2 Å². The van der Waals surface area contributed by atoms with Crippen LogP contribution in [0.1, 0.15) is 26.3 Å². The van der Waals surface area contributed by atoms with Crippen LogP contribution in [-0.2, 0) is 11.3 Å². The summed E-state index contributed by atoms with van der Waals surface area (Å²) in [6.07, 6.45) is -4.64. The van der Waals surface area contributed by atoms with E-state index in [1.807, 2.05) is 26.8 Å². The van der Waals surface area contributed by atoms with Gasteiger partial charge in [0.25, 0.3) is 0 Å². The molecule has 1 aromatic rings. The van der Waals surface area contributed by atoms with Gasteiger partial charge in [0.2, 0.25) is 0 Å². The molecular formula is C14H19ClF3NO2. The van der Waals surface area contributed by atoms with Gasteiger partial charge >= 0.3 is 6.36 Å². The van der Waals surface area contributed by atoms with E-state index in [9.17, 15) is 13.2 Å². The summed E-state index contributed by atoms with van der Waals surface area (Å²) in [4.78, 5) is 0. The quantitative estimate of drug-likeness (QED) is 0.797. The van der Waals surface area contributed by atoms with Crippen LogP contribution in [0, 0.1) is 0 Å². The van der Waals surface area contributed by atoms with E-state index in [-0.39, 0.29) is 12.1 Å². The minimum Gasteiger partial charge on any atom is -0.490 e. The zero-order chi connectivity index (χ0) is 16.1. The molecule has 0 spiro atoms. The van der Waals surface area contributed by atoms with Gasteiger partial charge in [-0.2, -0.15) is 0 Å². The fourth-order valence-corrected chi connectivity index (χ4v) is 1.71. The van der Waals surface area contributed by atoms with E-state index >= 15 is 0 Å². The highest BCUT2D eigenvalue weighted by molar-refractivity contribution is 6.32. The van der Waals surface area contributed by atoms with Gasteiger partial charge in [-0.25, -0.2) is 0 Å². The third kappa shape index (κ3) is 8.14. The van der Waals surface area contributed by atoms with Gasteiger partial charge in [-0.1, -0.05) is 17.7 Å². The van der Waals surface area contributed by atoms with Crippen molar-refractivity contribution in [2.45, 2.75) is 39.2 Å². The minimum atomic E-state index is -4.64. The second-order valence-corrected chi connectivity index (χ2v) is 5.92. The van der Waals surface area contributed by atoms with Crippen molar-refractivity contribution >= 4 is 11.6 Å². The molecule has 0 radical (unpaired) electrons. The first-order valence-electron chi connectivity index (χ1n) is 6.44. The van der Waals surface area contributed by atoms with Crippen LogP contribution in [0.5, 0.6) is 5.75 Å². The largest absolute Gasteiger partial charge is 0.522 e. The smallest absolute Gasteiger partial charge is 0.490 e. The van der Waals surface area contributed by atoms with E-state index < -0.39 is 13.0 Å². The Morgan fingerprint density at radius 1 is 1.14 bits per heavy atom. The molecule has 21 heavy (non-hydrogen) atoms. The van der Waals surface area contributed by atoms with Crippen LogP contribution in [0.25, 0.3) is 0 Å². The van der Waals surface area contributed by atoms with E-state index in [0.717, 1.165) is 5.56 Å². The molecule has 0 atom stereocenters. The number of ether oxygens (including phenoxy) is 2. The highest BCUT2D eigenvalue weighted by Gasteiger charge is 2.28. The van der Waals surface area contributed by atoms with E-state index in [2.05, 4.69) is 10.1 Å². The molecule has 0 aromatic heterocycles. The van der Waals surface area contributed by atoms with Gasteiger partial charge in [0, 0.05) is 12.1 Å². The van der Waals surface area contributed by atoms with Crippen molar-refractivity contribution in [3.63, 3.8) is 0 Å². The van der Waals surface area contributed by atoms with Crippen molar-refractivity contribution in [3.8, 4) is 5.75 Å². The number of hydrogen-bond acceptors (Lipinski definition) is 3. The molecule has 120 valence electrons. The maximum atomic E-state index is 11.8. The molecule has 0 unspecified atom stereocenters. The number of benzene rings is 1. The van der Waals surface area contributed by atoms with Crippen LogP contribution in [0.3, 0.4) is 0 Å². The average Bonchev–Trinajstić information content (AvgIpc) is 2.32. The summed E-state index contributed by atoms with van der Waals surface area (Å²) in [5.74, 6) is 0.335. The molecule has 0 amide bonds. The lowest BCUT2D eigenvalue weighted by Crippen LogP contribution is -2.35. The first kappa shape index (κ1) is 18.1. The van der Waals surface area contributed by atoms with Crippen molar-refractivity contribution in [2.75, 3.05) is 13.2 Å². The summed E-state index contributed by atoms with van der Waals surface area (Å²) < 4.78 is 44.1. The molecule has 0 aliphatic carbocycles. The van der Waals surface area contributed by atoms with E-state index in [0.29, 0.717) is 17.3 Å². The highest BCUT2D eigenvalue weighted by Crippen LogP contribution is 2.26. The molecule has 0 aliphatic heterocycles. The maximum absolute atomic E-state index is 11.8. The van der Waals surface area contributed by atoms with Gasteiger partial charge in [-0.15, -0.1) is 13.2 Å². The van der Waals surface area contributed by atoms with E-state index in [1.165, 1.54) is 0 Å². The first-order valence-corrected chi connectivity index (χ1v) is 6.81. The van der Waals surface area contributed by atoms with Gasteiger partial charge in [-0.05, 0) is 38.5 Å². The first-order chi connectivity index (χ1) is 9.57.